The third kappa shape index (κ3) is 4.13. The van der Waals surface area contributed by atoms with Crippen molar-refractivity contribution in [3.63, 3.8) is 0 Å². The van der Waals surface area contributed by atoms with Gasteiger partial charge in [0, 0.05) is 33.0 Å². The molecule has 0 saturated carbocycles. The Kier molecular flexibility index (Phi) is 5.65. The molecule has 8 heteroatoms. The number of nitrogens with one attached hydrogen (secondary N) is 1. The minimum atomic E-state index is -0.863. The Morgan fingerprint density at radius 1 is 1.43 bits per heavy atom. The SMILES string of the molecule is CCC1(C)NC(=O)N(CCC(=O)N(C)CCC(N)=S)C1=O. The molecule has 1 atom stereocenters. The number of urea groups is 1. The van der Waals surface area contributed by atoms with Gasteiger partial charge in [-0.25, -0.2) is 4.79 Å². The Morgan fingerprint density at radius 2 is 2.05 bits per heavy atom. The highest BCUT2D eigenvalue weighted by Crippen LogP contribution is 2.20. The lowest BCUT2D eigenvalue weighted by atomic mass is 9.99. The zero-order valence-corrected chi connectivity index (χ0v) is 13.5. The van der Waals surface area contributed by atoms with Gasteiger partial charge in [0.1, 0.15) is 5.54 Å². The summed E-state index contributed by atoms with van der Waals surface area (Å²) < 4.78 is 0. The summed E-state index contributed by atoms with van der Waals surface area (Å²) in [6.07, 6.45) is 1.05. The monoisotopic (exact) mass is 314 g/mol. The molecule has 3 N–H and O–H groups in total. The topological polar surface area (TPSA) is 95.7 Å². The van der Waals surface area contributed by atoms with E-state index in [-0.39, 0.29) is 24.8 Å². The molecule has 0 aromatic rings. The number of nitrogens with zero attached hydrogens (tertiary/aromatic N) is 2. The van der Waals surface area contributed by atoms with Gasteiger partial charge in [-0.1, -0.05) is 19.1 Å². The van der Waals surface area contributed by atoms with Crippen LogP contribution in [-0.4, -0.2) is 58.3 Å². The van der Waals surface area contributed by atoms with Crippen molar-refractivity contribution < 1.29 is 14.4 Å². The van der Waals surface area contributed by atoms with Crippen LogP contribution in [0.5, 0.6) is 0 Å². The van der Waals surface area contributed by atoms with E-state index in [0.717, 1.165) is 4.90 Å². The highest BCUT2D eigenvalue weighted by atomic mass is 32.1. The van der Waals surface area contributed by atoms with Gasteiger partial charge in [0.25, 0.3) is 5.91 Å². The van der Waals surface area contributed by atoms with Crippen molar-refractivity contribution in [2.24, 2.45) is 5.73 Å². The second-order valence-corrected chi connectivity index (χ2v) is 5.88. The summed E-state index contributed by atoms with van der Waals surface area (Å²) in [4.78, 5) is 38.8. The fourth-order valence-corrected chi connectivity index (χ4v) is 2.08. The number of thiocarbonyl (C=S) groups is 1. The molecule has 4 amide bonds. The number of hydrogen-bond acceptors (Lipinski definition) is 4. The first-order valence-electron chi connectivity index (χ1n) is 6.87. The van der Waals surface area contributed by atoms with Gasteiger partial charge in [0.05, 0.1) is 4.99 Å². The molecule has 118 valence electrons. The predicted octanol–water partition coefficient (Wildman–Crippen LogP) is 0.232. The standard InChI is InChI=1S/C13H22N4O3S/c1-4-13(2)11(19)17(12(20)15-13)8-6-10(18)16(3)7-5-9(14)21/h4-8H2,1-3H3,(H2,14,21)(H,15,20). The molecule has 1 unspecified atom stereocenters. The molecule has 0 aromatic carbocycles. The lowest BCUT2D eigenvalue weighted by molar-refractivity contribution is -0.132. The van der Waals surface area contributed by atoms with Crippen molar-refractivity contribution in [3.8, 4) is 0 Å². The number of nitrogens with two attached hydrogens (primary N) is 1. The van der Waals surface area contributed by atoms with E-state index in [1.807, 2.05) is 6.92 Å². The summed E-state index contributed by atoms with van der Waals surface area (Å²) in [6, 6.07) is -0.442. The number of carbonyl (C=O) groups excluding carboxylic acids is 3. The molecule has 0 aromatic heterocycles. The van der Waals surface area contributed by atoms with Crippen LogP contribution in [0.25, 0.3) is 0 Å². The highest BCUT2D eigenvalue weighted by Gasteiger charge is 2.46. The summed E-state index contributed by atoms with van der Waals surface area (Å²) >= 11 is 4.76. The molecule has 1 heterocycles. The van der Waals surface area contributed by atoms with Crippen LogP contribution in [0.1, 0.15) is 33.1 Å². The summed E-state index contributed by atoms with van der Waals surface area (Å²) in [6.45, 7) is 4.02. The van der Waals surface area contributed by atoms with E-state index in [1.165, 1.54) is 4.90 Å². The molecule has 1 aliphatic rings. The average molecular weight is 314 g/mol. The van der Waals surface area contributed by atoms with Gasteiger partial charge in [-0.2, -0.15) is 0 Å². The fourth-order valence-electron chi connectivity index (χ4n) is 1.99. The van der Waals surface area contributed by atoms with Crippen LogP contribution < -0.4 is 11.1 Å². The second kappa shape index (κ2) is 6.84. The van der Waals surface area contributed by atoms with Crippen molar-refractivity contribution in [2.75, 3.05) is 20.1 Å². The Morgan fingerprint density at radius 3 is 2.52 bits per heavy atom. The molecule has 0 radical (unpaired) electrons. The van der Waals surface area contributed by atoms with Gasteiger partial charge in [-0.05, 0) is 13.3 Å². The summed E-state index contributed by atoms with van der Waals surface area (Å²) in [7, 11) is 1.64. The quantitative estimate of drug-likeness (QED) is 0.518. The normalized spacial score (nSPS) is 21.4. The van der Waals surface area contributed by atoms with E-state index < -0.39 is 11.6 Å². The lowest BCUT2D eigenvalue weighted by Gasteiger charge is -2.20. The number of rotatable bonds is 7. The number of amides is 4. The van der Waals surface area contributed by atoms with E-state index in [4.69, 9.17) is 18.0 Å². The van der Waals surface area contributed by atoms with E-state index >= 15 is 0 Å². The van der Waals surface area contributed by atoms with Crippen molar-refractivity contribution in [1.29, 1.82) is 0 Å². The van der Waals surface area contributed by atoms with Gasteiger partial charge in [-0.15, -0.1) is 0 Å². The van der Waals surface area contributed by atoms with Crippen LogP contribution in [0.4, 0.5) is 4.79 Å². The third-order valence-corrected chi connectivity index (χ3v) is 3.93. The Bertz CT molecular complexity index is 468. The molecule has 1 fully saturated rings. The largest absolute Gasteiger partial charge is 0.393 e. The van der Waals surface area contributed by atoms with Crippen molar-refractivity contribution in [3.05, 3.63) is 0 Å². The maximum Gasteiger partial charge on any atom is 0.325 e. The van der Waals surface area contributed by atoms with E-state index in [1.54, 1.807) is 14.0 Å². The Labute approximate surface area is 129 Å². The fraction of sp³-hybridized carbons (Fsp3) is 0.692. The first-order valence-corrected chi connectivity index (χ1v) is 7.28. The lowest BCUT2D eigenvalue weighted by Crippen LogP contribution is -2.43. The van der Waals surface area contributed by atoms with Crippen LogP contribution in [0.3, 0.4) is 0 Å². The molecule has 1 saturated heterocycles. The number of carbonyl (C=O) groups is 3. The Hall–Kier alpha value is -1.70. The van der Waals surface area contributed by atoms with Crippen LogP contribution in [0, 0.1) is 0 Å². The average Bonchev–Trinajstić information content (AvgIpc) is 2.64. The molecule has 1 aliphatic heterocycles. The van der Waals surface area contributed by atoms with Crippen LogP contribution in [-0.2, 0) is 9.59 Å². The number of imide groups is 1. The van der Waals surface area contributed by atoms with Crippen molar-refractivity contribution in [2.45, 2.75) is 38.6 Å². The van der Waals surface area contributed by atoms with Crippen LogP contribution >= 0.6 is 12.2 Å². The summed E-state index contributed by atoms with van der Waals surface area (Å²) in [5.41, 5.74) is 4.52. The maximum atomic E-state index is 12.2. The maximum absolute atomic E-state index is 12.2. The molecule has 1 rings (SSSR count). The van der Waals surface area contributed by atoms with Gasteiger partial charge < -0.3 is 16.0 Å². The van der Waals surface area contributed by atoms with E-state index in [9.17, 15) is 14.4 Å². The Balaban J connectivity index is 2.52. The predicted molar refractivity (Wildman–Crippen MR) is 82.6 cm³/mol. The van der Waals surface area contributed by atoms with Gasteiger partial charge >= 0.3 is 6.03 Å². The summed E-state index contributed by atoms with van der Waals surface area (Å²) in [5.74, 6) is -0.439. The minimum absolute atomic E-state index is 0.0799. The molecule has 0 aliphatic carbocycles. The molecule has 0 spiro atoms. The van der Waals surface area contributed by atoms with Crippen molar-refractivity contribution in [1.82, 2.24) is 15.1 Å². The third-order valence-electron chi connectivity index (χ3n) is 3.72. The molecule has 7 nitrogen and oxygen atoms in total. The minimum Gasteiger partial charge on any atom is -0.393 e. The first-order chi connectivity index (χ1) is 9.71. The molecule has 21 heavy (non-hydrogen) atoms. The zero-order chi connectivity index (χ0) is 16.2. The first kappa shape index (κ1) is 17.4. The molecular weight excluding hydrogens is 292 g/mol. The highest BCUT2D eigenvalue weighted by molar-refractivity contribution is 7.80. The van der Waals surface area contributed by atoms with Crippen molar-refractivity contribution >= 4 is 35.1 Å². The molecule has 0 bridgehead atoms. The van der Waals surface area contributed by atoms with Gasteiger partial charge in [0.2, 0.25) is 5.91 Å². The van der Waals surface area contributed by atoms with E-state index in [0.29, 0.717) is 24.4 Å². The number of hydrogen-bond donors (Lipinski definition) is 2. The van der Waals surface area contributed by atoms with Gasteiger partial charge in [0.15, 0.2) is 0 Å². The van der Waals surface area contributed by atoms with Crippen LogP contribution in [0.15, 0.2) is 0 Å². The zero-order valence-electron chi connectivity index (χ0n) is 12.6. The van der Waals surface area contributed by atoms with E-state index in [2.05, 4.69) is 5.32 Å². The van der Waals surface area contributed by atoms with Crippen LogP contribution in [0.2, 0.25) is 0 Å². The smallest absolute Gasteiger partial charge is 0.325 e. The van der Waals surface area contributed by atoms with Gasteiger partial charge in [-0.3, -0.25) is 14.5 Å². The second-order valence-electron chi connectivity index (χ2n) is 5.35. The summed E-state index contributed by atoms with van der Waals surface area (Å²) in [5, 5.41) is 2.65. The molecular formula is C13H22N4O3S.